The van der Waals surface area contributed by atoms with Crippen molar-refractivity contribution in [3.63, 3.8) is 0 Å². The first-order chi connectivity index (χ1) is 5.77. The fourth-order valence-corrected chi connectivity index (χ4v) is 0.983. The summed E-state index contributed by atoms with van der Waals surface area (Å²) in [5, 5.41) is 11.0. The second kappa shape index (κ2) is 8.17. The molecule has 0 bridgehead atoms. The summed E-state index contributed by atoms with van der Waals surface area (Å²) in [4.78, 5) is 19.7. The molecular formula is C8H15NO3. The van der Waals surface area contributed by atoms with Gasteiger partial charge in [-0.3, -0.25) is 4.79 Å². The monoisotopic (exact) mass is 173 g/mol. The fraction of sp³-hybridized carbons (Fsp3) is 0.875. The van der Waals surface area contributed by atoms with Crippen LogP contribution < -0.4 is 0 Å². The predicted molar refractivity (Wildman–Crippen MR) is 46.0 cm³/mol. The van der Waals surface area contributed by atoms with Gasteiger partial charge in [0, 0.05) is 6.42 Å². The lowest BCUT2D eigenvalue weighted by molar-refractivity contribution is -0.137. The van der Waals surface area contributed by atoms with Gasteiger partial charge in [0.05, 0.1) is 6.54 Å². The molecule has 4 nitrogen and oxygen atoms in total. The lowest BCUT2D eigenvalue weighted by atomic mass is 10.1. The molecule has 4 heteroatoms. The van der Waals surface area contributed by atoms with Gasteiger partial charge < -0.3 is 5.11 Å². The molecule has 0 heterocycles. The Morgan fingerprint density at radius 3 is 2.25 bits per heavy atom. The first kappa shape index (κ1) is 11.1. The molecule has 0 aromatic heterocycles. The summed E-state index contributed by atoms with van der Waals surface area (Å²) >= 11 is 0. The number of aliphatic carboxylic acids is 1. The SMILES string of the molecule is O=NCCCCCCCC(=O)O. The minimum Gasteiger partial charge on any atom is -0.481 e. The maximum absolute atomic E-state index is 10.1. The molecule has 0 atom stereocenters. The van der Waals surface area contributed by atoms with Crippen LogP contribution >= 0.6 is 0 Å². The molecule has 0 aromatic rings. The molecule has 0 saturated carbocycles. The maximum Gasteiger partial charge on any atom is 0.303 e. The van der Waals surface area contributed by atoms with Crippen LogP contribution in [0.15, 0.2) is 5.18 Å². The maximum atomic E-state index is 10.1. The molecular weight excluding hydrogens is 158 g/mol. The summed E-state index contributed by atoms with van der Waals surface area (Å²) in [6, 6.07) is 0. The van der Waals surface area contributed by atoms with E-state index in [0.717, 1.165) is 32.1 Å². The molecule has 0 amide bonds. The Balaban J connectivity index is 2.90. The molecule has 70 valence electrons. The van der Waals surface area contributed by atoms with E-state index in [0.29, 0.717) is 6.54 Å². The number of nitroso groups, excluding NO2 is 1. The van der Waals surface area contributed by atoms with E-state index in [1.54, 1.807) is 0 Å². The predicted octanol–water partition coefficient (Wildman–Crippen LogP) is 2.18. The average molecular weight is 173 g/mol. The van der Waals surface area contributed by atoms with Crippen molar-refractivity contribution in [3.8, 4) is 0 Å². The Kier molecular flexibility index (Phi) is 7.54. The van der Waals surface area contributed by atoms with Gasteiger partial charge in [-0.25, -0.2) is 0 Å². The Bertz CT molecular complexity index is 136. The van der Waals surface area contributed by atoms with E-state index in [9.17, 15) is 9.70 Å². The molecule has 0 aromatic carbocycles. The van der Waals surface area contributed by atoms with Crippen molar-refractivity contribution in [1.29, 1.82) is 0 Å². The zero-order chi connectivity index (χ0) is 9.23. The van der Waals surface area contributed by atoms with Crippen LogP contribution in [0, 0.1) is 4.91 Å². The second-order valence-electron chi connectivity index (χ2n) is 2.76. The summed E-state index contributed by atoms with van der Waals surface area (Å²) in [5.74, 6) is -0.732. The largest absolute Gasteiger partial charge is 0.481 e. The van der Waals surface area contributed by atoms with Crippen LogP contribution in [0.5, 0.6) is 0 Å². The third kappa shape index (κ3) is 9.07. The summed E-state index contributed by atoms with van der Waals surface area (Å²) in [6.45, 7) is 0.388. The summed E-state index contributed by atoms with van der Waals surface area (Å²) < 4.78 is 0. The zero-order valence-corrected chi connectivity index (χ0v) is 7.16. The summed E-state index contributed by atoms with van der Waals surface area (Å²) in [6.07, 6.45) is 4.74. The molecule has 12 heavy (non-hydrogen) atoms. The van der Waals surface area contributed by atoms with Crippen molar-refractivity contribution in [2.45, 2.75) is 38.5 Å². The Morgan fingerprint density at radius 1 is 1.08 bits per heavy atom. The lowest BCUT2D eigenvalue weighted by Gasteiger charge is -1.96. The highest BCUT2D eigenvalue weighted by Crippen LogP contribution is 2.05. The van der Waals surface area contributed by atoms with Crippen molar-refractivity contribution in [3.05, 3.63) is 4.91 Å². The molecule has 0 saturated heterocycles. The van der Waals surface area contributed by atoms with Crippen molar-refractivity contribution >= 4 is 5.97 Å². The normalized spacial score (nSPS) is 9.67. The van der Waals surface area contributed by atoms with Crippen molar-refractivity contribution in [1.82, 2.24) is 0 Å². The van der Waals surface area contributed by atoms with Crippen molar-refractivity contribution < 1.29 is 9.90 Å². The molecule has 0 spiro atoms. The van der Waals surface area contributed by atoms with Gasteiger partial charge in [0.1, 0.15) is 0 Å². The van der Waals surface area contributed by atoms with E-state index in [1.807, 2.05) is 0 Å². The van der Waals surface area contributed by atoms with E-state index in [2.05, 4.69) is 5.18 Å². The Morgan fingerprint density at radius 2 is 1.67 bits per heavy atom. The first-order valence-electron chi connectivity index (χ1n) is 4.28. The van der Waals surface area contributed by atoms with Gasteiger partial charge in [0.15, 0.2) is 0 Å². The van der Waals surface area contributed by atoms with Gasteiger partial charge in [-0.05, 0) is 12.8 Å². The number of hydrogen-bond acceptors (Lipinski definition) is 3. The van der Waals surface area contributed by atoms with Crippen LogP contribution in [-0.4, -0.2) is 17.6 Å². The standard InChI is InChI=1S/C8H15NO3/c10-8(11)6-4-2-1-3-5-7-9-12/h1-7H2,(H,10,11). The van der Waals surface area contributed by atoms with E-state index in [4.69, 9.17) is 5.11 Å². The topological polar surface area (TPSA) is 66.7 Å². The number of carboxylic acid groups (broad SMARTS) is 1. The third-order valence-electron chi connectivity index (χ3n) is 1.64. The molecule has 1 N–H and O–H groups in total. The van der Waals surface area contributed by atoms with Crippen molar-refractivity contribution in [2.24, 2.45) is 5.18 Å². The lowest BCUT2D eigenvalue weighted by Crippen LogP contribution is -1.93. The van der Waals surface area contributed by atoms with Crippen molar-refractivity contribution in [2.75, 3.05) is 6.54 Å². The quantitative estimate of drug-likeness (QED) is 0.452. The second-order valence-corrected chi connectivity index (χ2v) is 2.76. The van der Waals surface area contributed by atoms with Crippen LogP contribution in [0.2, 0.25) is 0 Å². The van der Waals surface area contributed by atoms with E-state index in [-0.39, 0.29) is 6.42 Å². The van der Waals surface area contributed by atoms with Gasteiger partial charge in [-0.1, -0.05) is 24.4 Å². The van der Waals surface area contributed by atoms with Crippen LogP contribution in [0.1, 0.15) is 38.5 Å². The minimum atomic E-state index is -0.732. The third-order valence-corrected chi connectivity index (χ3v) is 1.64. The summed E-state index contributed by atoms with van der Waals surface area (Å²) in [5.41, 5.74) is 0. The highest BCUT2D eigenvalue weighted by atomic mass is 16.4. The summed E-state index contributed by atoms with van der Waals surface area (Å²) in [7, 11) is 0. The van der Waals surface area contributed by atoms with E-state index in [1.165, 1.54) is 0 Å². The molecule has 0 rings (SSSR count). The Labute approximate surface area is 71.9 Å². The van der Waals surface area contributed by atoms with E-state index < -0.39 is 5.97 Å². The molecule has 0 radical (unpaired) electrons. The fourth-order valence-electron chi connectivity index (χ4n) is 0.983. The van der Waals surface area contributed by atoms with Crippen LogP contribution in [0.4, 0.5) is 0 Å². The molecule has 0 aliphatic heterocycles. The highest BCUT2D eigenvalue weighted by Gasteiger charge is 1.95. The van der Waals surface area contributed by atoms with Crippen LogP contribution in [0.25, 0.3) is 0 Å². The number of carboxylic acids is 1. The van der Waals surface area contributed by atoms with E-state index >= 15 is 0 Å². The molecule has 0 aliphatic carbocycles. The zero-order valence-electron chi connectivity index (χ0n) is 7.16. The number of hydrogen-bond donors (Lipinski definition) is 1. The van der Waals surface area contributed by atoms with Crippen LogP contribution in [0.3, 0.4) is 0 Å². The molecule has 0 fully saturated rings. The molecule has 0 unspecified atom stereocenters. The van der Waals surface area contributed by atoms with Gasteiger partial charge >= 0.3 is 5.97 Å². The van der Waals surface area contributed by atoms with Crippen LogP contribution in [-0.2, 0) is 4.79 Å². The van der Waals surface area contributed by atoms with Gasteiger partial charge in [-0.15, -0.1) is 0 Å². The number of nitrogens with zero attached hydrogens (tertiary/aromatic N) is 1. The Hall–Kier alpha value is -0.930. The average Bonchev–Trinajstić information content (AvgIpc) is 2.02. The smallest absolute Gasteiger partial charge is 0.303 e. The number of carbonyl (C=O) groups is 1. The number of unbranched alkanes of at least 4 members (excludes halogenated alkanes) is 4. The highest BCUT2D eigenvalue weighted by molar-refractivity contribution is 5.66. The first-order valence-corrected chi connectivity index (χ1v) is 4.28. The number of rotatable bonds is 8. The minimum absolute atomic E-state index is 0.256. The van der Waals surface area contributed by atoms with Gasteiger partial charge in [0.25, 0.3) is 0 Å². The van der Waals surface area contributed by atoms with Gasteiger partial charge in [0.2, 0.25) is 0 Å². The van der Waals surface area contributed by atoms with Gasteiger partial charge in [-0.2, -0.15) is 4.91 Å². The molecule has 0 aliphatic rings.